The number of rotatable bonds is 3. The predicted octanol–water partition coefficient (Wildman–Crippen LogP) is 2.75. The fraction of sp³-hybridized carbons (Fsp3) is 0.667. The van der Waals surface area contributed by atoms with Gasteiger partial charge >= 0.3 is 0 Å². The lowest BCUT2D eigenvalue weighted by Crippen LogP contribution is -1.82. The minimum absolute atomic E-state index is 0.452. The molecule has 11 heavy (non-hydrogen) atoms. The third-order valence-electron chi connectivity index (χ3n) is 1.60. The summed E-state index contributed by atoms with van der Waals surface area (Å²) in [6, 6.07) is 0. The average Bonchev–Trinajstić information content (AvgIpc) is 2.37. The highest BCUT2D eigenvalue weighted by molar-refractivity contribution is 4.98. The van der Waals surface area contributed by atoms with E-state index in [0.717, 1.165) is 24.5 Å². The molecule has 0 amide bonds. The van der Waals surface area contributed by atoms with Gasteiger partial charge in [-0.2, -0.15) is 0 Å². The number of aryl methyl sites for hydroxylation is 1. The van der Waals surface area contributed by atoms with Gasteiger partial charge in [0.25, 0.3) is 0 Å². The first-order valence-corrected chi connectivity index (χ1v) is 4.18. The molecular formula is C9H15NO. The Bertz CT molecular complexity index is 215. The zero-order valence-electron chi connectivity index (χ0n) is 7.42. The lowest BCUT2D eigenvalue weighted by molar-refractivity contribution is 0.437. The summed E-state index contributed by atoms with van der Waals surface area (Å²) >= 11 is 0. The summed E-state index contributed by atoms with van der Waals surface area (Å²) in [7, 11) is 0. The van der Waals surface area contributed by atoms with Crippen molar-refractivity contribution in [1.29, 1.82) is 0 Å². The second-order valence-electron chi connectivity index (χ2n) is 3.06. The van der Waals surface area contributed by atoms with Gasteiger partial charge in [-0.25, -0.2) is 4.98 Å². The van der Waals surface area contributed by atoms with Gasteiger partial charge in [-0.15, -0.1) is 0 Å². The first-order valence-electron chi connectivity index (χ1n) is 4.18. The minimum Gasteiger partial charge on any atom is -0.445 e. The molecule has 1 aromatic rings. The van der Waals surface area contributed by atoms with Crippen molar-refractivity contribution < 1.29 is 4.42 Å². The highest BCUT2D eigenvalue weighted by atomic mass is 16.4. The van der Waals surface area contributed by atoms with E-state index in [1.807, 2.05) is 6.20 Å². The maximum atomic E-state index is 5.47. The molecule has 0 spiro atoms. The lowest BCUT2D eigenvalue weighted by atomic mass is 10.2. The maximum absolute atomic E-state index is 5.47. The van der Waals surface area contributed by atoms with Crippen LogP contribution in [0.5, 0.6) is 0 Å². The van der Waals surface area contributed by atoms with E-state index in [1.54, 1.807) is 0 Å². The van der Waals surface area contributed by atoms with Crippen molar-refractivity contribution in [2.75, 3.05) is 0 Å². The molecule has 0 unspecified atom stereocenters. The van der Waals surface area contributed by atoms with Crippen molar-refractivity contribution in [2.24, 2.45) is 0 Å². The summed E-state index contributed by atoms with van der Waals surface area (Å²) in [4.78, 5) is 4.16. The fourth-order valence-electron chi connectivity index (χ4n) is 0.921. The second-order valence-corrected chi connectivity index (χ2v) is 3.06. The Morgan fingerprint density at radius 2 is 2.27 bits per heavy atom. The summed E-state index contributed by atoms with van der Waals surface area (Å²) in [5, 5.41) is 0. The van der Waals surface area contributed by atoms with Crippen LogP contribution in [-0.4, -0.2) is 4.98 Å². The molecule has 0 saturated carbocycles. The van der Waals surface area contributed by atoms with Crippen LogP contribution in [0.15, 0.2) is 10.6 Å². The Hall–Kier alpha value is -0.790. The molecule has 0 aromatic carbocycles. The van der Waals surface area contributed by atoms with Crippen molar-refractivity contribution in [2.45, 2.75) is 39.5 Å². The molecule has 0 saturated heterocycles. The van der Waals surface area contributed by atoms with E-state index in [9.17, 15) is 0 Å². The zero-order chi connectivity index (χ0) is 8.27. The molecule has 0 radical (unpaired) electrons. The van der Waals surface area contributed by atoms with Crippen molar-refractivity contribution >= 4 is 0 Å². The topological polar surface area (TPSA) is 26.0 Å². The van der Waals surface area contributed by atoms with Gasteiger partial charge in [-0.1, -0.05) is 20.8 Å². The molecule has 0 atom stereocenters. The van der Waals surface area contributed by atoms with E-state index in [1.165, 1.54) is 0 Å². The predicted molar refractivity (Wildman–Crippen MR) is 44.6 cm³/mol. The Morgan fingerprint density at radius 3 is 2.73 bits per heavy atom. The van der Waals surface area contributed by atoms with Gasteiger partial charge in [0.2, 0.25) is 0 Å². The van der Waals surface area contributed by atoms with Gasteiger partial charge in [0.05, 0.1) is 6.20 Å². The first-order chi connectivity index (χ1) is 5.24. The summed E-state index contributed by atoms with van der Waals surface area (Å²) in [5.41, 5.74) is 0. The minimum atomic E-state index is 0.452. The van der Waals surface area contributed by atoms with Gasteiger partial charge in [-0.3, -0.25) is 0 Å². The largest absolute Gasteiger partial charge is 0.445 e. The molecule has 0 fully saturated rings. The molecule has 0 aliphatic heterocycles. The van der Waals surface area contributed by atoms with Crippen LogP contribution in [0, 0.1) is 0 Å². The molecule has 2 heteroatoms. The molecule has 1 aromatic heterocycles. The van der Waals surface area contributed by atoms with Crippen LogP contribution in [0.2, 0.25) is 0 Å². The first kappa shape index (κ1) is 8.31. The van der Waals surface area contributed by atoms with Crippen LogP contribution < -0.4 is 0 Å². The highest BCUT2D eigenvalue weighted by Crippen LogP contribution is 2.15. The Balaban J connectivity index is 2.66. The van der Waals surface area contributed by atoms with Crippen molar-refractivity contribution in [3.05, 3.63) is 17.8 Å². The van der Waals surface area contributed by atoms with Crippen molar-refractivity contribution in [3.8, 4) is 0 Å². The average molecular weight is 153 g/mol. The van der Waals surface area contributed by atoms with E-state index in [0.29, 0.717) is 5.92 Å². The van der Waals surface area contributed by atoms with E-state index < -0.39 is 0 Å². The summed E-state index contributed by atoms with van der Waals surface area (Å²) in [6.45, 7) is 6.34. The number of hydrogen-bond acceptors (Lipinski definition) is 2. The van der Waals surface area contributed by atoms with Crippen LogP contribution >= 0.6 is 0 Å². The van der Waals surface area contributed by atoms with Crippen LogP contribution in [0.3, 0.4) is 0 Å². The van der Waals surface area contributed by atoms with Crippen LogP contribution in [0.25, 0.3) is 0 Å². The molecule has 0 N–H and O–H groups in total. The fourth-order valence-corrected chi connectivity index (χ4v) is 0.921. The van der Waals surface area contributed by atoms with E-state index in [2.05, 4.69) is 25.8 Å². The van der Waals surface area contributed by atoms with Crippen LogP contribution in [0.1, 0.15) is 44.8 Å². The summed E-state index contributed by atoms with van der Waals surface area (Å²) in [5.74, 6) is 2.32. The summed E-state index contributed by atoms with van der Waals surface area (Å²) < 4.78 is 5.47. The lowest BCUT2D eigenvalue weighted by Gasteiger charge is -1.95. The maximum Gasteiger partial charge on any atom is 0.194 e. The number of oxazole rings is 1. The normalized spacial score (nSPS) is 10.9. The second kappa shape index (κ2) is 3.56. The Morgan fingerprint density at radius 1 is 1.55 bits per heavy atom. The Kier molecular flexibility index (Phi) is 2.69. The quantitative estimate of drug-likeness (QED) is 0.667. The zero-order valence-corrected chi connectivity index (χ0v) is 7.42. The standard InChI is InChI=1S/C9H15NO/c1-4-5-9-10-6-8(11-9)7(2)3/h6-7H,4-5H2,1-3H3. The Labute approximate surface area is 67.6 Å². The molecule has 0 bridgehead atoms. The number of aromatic nitrogens is 1. The monoisotopic (exact) mass is 153 g/mol. The molecule has 1 heterocycles. The third kappa shape index (κ3) is 2.07. The van der Waals surface area contributed by atoms with E-state index >= 15 is 0 Å². The summed E-state index contributed by atoms with van der Waals surface area (Å²) in [6.07, 6.45) is 3.88. The van der Waals surface area contributed by atoms with E-state index in [4.69, 9.17) is 4.42 Å². The number of hydrogen-bond donors (Lipinski definition) is 0. The van der Waals surface area contributed by atoms with E-state index in [-0.39, 0.29) is 0 Å². The van der Waals surface area contributed by atoms with Gasteiger partial charge < -0.3 is 4.42 Å². The molecule has 0 aliphatic rings. The van der Waals surface area contributed by atoms with Crippen molar-refractivity contribution in [3.63, 3.8) is 0 Å². The van der Waals surface area contributed by atoms with Gasteiger partial charge in [0, 0.05) is 12.3 Å². The van der Waals surface area contributed by atoms with Gasteiger partial charge in [0.15, 0.2) is 5.89 Å². The number of nitrogens with zero attached hydrogens (tertiary/aromatic N) is 1. The SMILES string of the molecule is CCCc1ncc(C(C)C)o1. The van der Waals surface area contributed by atoms with Crippen LogP contribution in [-0.2, 0) is 6.42 Å². The molecule has 2 nitrogen and oxygen atoms in total. The highest BCUT2D eigenvalue weighted by Gasteiger charge is 2.05. The van der Waals surface area contributed by atoms with Crippen molar-refractivity contribution in [1.82, 2.24) is 4.98 Å². The smallest absolute Gasteiger partial charge is 0.194 e. The third-order valence-corrected chi connectivity index (χ3v) is 1.60. The molecule has 1 rings (SSSR count). The molecule has 62 valence electrons. The van der Waals surface area contributed by atoms with Crippen LogP contribution in [0.4, 0.5) is 0 Å². The van der Waals surface area contributed by atoms with Gasteiger partial charge in [0.1, 0.15) is 5.76 Å². The molecule has 0 aliphatic carbocycles. The molecular weight excluding hydrogens is 138 g/mol. The van der Waals surface area contributed by atoms with Gasteiger partial charge in [-0.05, 0) is 6.42 Å².